The third-order valence-electron chi connectivity index (χ3n) is 3.42. The second-order valence-electron chi connectivity index (χ2n) is 4.99. The summed E-state index contributed by atoms with van der Waals surface area (Å²) in [5.41, 5.74) is 1.83. The van der Waals surface area contributed by atoms with E-state index in [-0.39, 0.29) is 22.8 Å². The van der Waals surface area contributed by atoms with Gasteiger partial charge in [-0.2, -0.15) is 0 Å². The third kappa shape index (κ3) is 2.79. The molecule has 21 heavy (non-hydrogen) atoms. The molecule has 4 heteroatoms. The van der Waals surface area contributed by atoms with Crippen molar-refractivity contribution in [3.63, 3.8) is 0 Å². The van der Waals surface area contributed by atoms with E-state index >= 15 is 0 Å². The number of aromatic hydroxyl groups is 3. The van der Waals surface area contributed by atoms with Crippen molar-refractivity contribution in [2.75, 3.05) is 6.61 Å². The van der Waals surface area contributed by atoms with Gasteiger partial charge in [0.2, 0.25) is 0 Å². The molecule has 1 fully saturated rings. The Morgan fingerprint density at radius 2 is 1.43 bits per heavy atom. The number of hydrogen-bond acceptors (Lipinski definition) is 4. The van der Waals surface area contributed by atoms with Crippen LogP contribution in [-0.2, 0) is 0 Å². The van der Waals surface area contributed by atoms with Crippen LogP contribution in [0.4, 0.5) is 0 Å². The van der Waals surface area contributed by atoms with Crippen molar-refractivity contribution in [3.8, 4) is 34.1 Å². The Balaban J connectivity index is 2.01. The highest BCUT2D eigenvalue weighted by Gasteiger charge is 2.19. The lowest BCUT2D eigenvalue weighted by Gasteiger charge is -2.14. The average molecular weight is 284 g/mol. The van der Waals surface area contributed by atoms with E-state index in [9.17, 15) is 15.3 Å². The zero-order chi connectivity index (χ0) is 14.8. The van der Waals surface area contributed by atoms with Crippen LogP contribution in [-0.4, -0.2) is 21.9 Å². The molecular formula is C17H16O4. The first-order chi connectivity index (χ1) is 10.2. The van der Waals surface area contributed by atoms with Crippen molar-refractivity contribution in [3.05, 3.63) is 48.0 Å². The van der Waals surface area contributed by atoms with Crippen LogP contribution in [0.3, 0.4) is 0 Å². The van der Waals surface area contributed by atoms with E-state index in [1.165, 1.54) is 29.8 Å². The molecule has 108 valence electrons. The largest absolute Gasteiger partial charge is 0.507 e. The molecule has 3 N–H and O–H groups in total. The van der Waals surface area contributed by atoms with Crippen molar-refractivity contribution in [2.45, 2.75) is 12.8 Å². The molecule has 1 aliphatic carbocycles. The van der Waals surface area contributed by atoms with Gasteiger partial charge in [0, 0.05) is 0 Å². The van der Waals surface area contributed by atoms with E-state index in [2.05, 4.69) is 0 Å². The van der Waals surface area contributed by atoms with E-state index in [4.69, 9.17) is 4.74 Å². The van der Waals surface area contributed by atoms with Crippen molar-refractivity contribution >= 4 is 0 Å². The molecule has 0 aliphatic heterocycles. The number of benzene rings is 2. The van der Waals surface area contributed by atoms with Crippen molar-refractivity contribution < 1.29 is 20.1 Å². The minimum atomic E-state index is -0.109. The predicted octanol–water partition coefficient (Wildman–Crippen LogP) is 3.57. The van der Waals surface area contributed by atoms with Crippen LogP contribution in [0.15, 0.2) is 48.0 Å². The summed E-state index contributed by atoms with van der Waals surface area (Å²) in [5, 5.41) is 30.1. The normalized spacial score (nSPS) is 13.0. The predicted molar refractivity (Wildman–Crippen MR) is 79.7 cm³/mol. The molecule has 0 heterocycles. The van der Waals surface area contributed by atoms with E-state index in [0.717, 1.165) is 12.8 Å². The summed E-state index contributed by atoms with van der Waals surface area (Å²) in [6.45, 7) is 0.403. The first kappa shape index (κ1) is 13.4. The number of ether oxygens (including phenoxy) is 1. The van der Waals surface area contributed by atoms with E-state index < -0.39 is 0 Å². The first-order valence-electron chi connectivity index (χ1n) is 6.81. The minimum absolute atomic E-state index is 0.0524. The molecule has 0 saturated heterocycles. The van der Waals surface area contributed by atoms with Gasteiger partial charge in [0.25, 0.3) is 0 Å². The minimum Gasteiger partial charge on any atom is -0.507 e. The zero-order valence-corrected chi connectivity index (χ0v) is 11.4. The lowest BCUT2D eigenvalue weighted by atomic mass is 10.0. The summed E-state index contributed by atoms with van der Waals surface area (Å²) in [5.74, 6) is 0.150. The highest BCUT2D eigenvalue weighted by Crippen LogP contribution is 2.46. The van der Waals surface area contributed by atoms with Crippen LogP contribution in [0.5, 0.6) is 23.0 Å². The van der Waals surface area contributed by atoms with Gasteiger partial charge in [-0.3, -0.25) is 0 Å². The molecule has 0 unspecified atom stereocenters. The van der Waals surface area contributed by atoms with Crippen LogP contribution in [0.25, 0.3) is 11.1 Å². The molecule has 0 spiro atoms. The molecule has 0 atom stereocenters. The SMILES string of the molecule is Oc1cccc(O)c1-c1c(O)cccc1OCC=C1CC1. The number of rotatable bonds is 4. The summed E-state index contributed by atoms with van der Waals surface area (Å²) in [4.78, 5) is 0. The Morgan fingerprint density at radius 3 is 2.05 bits per heavy atom. The Kier molecular flexibility index (Phi) is 3.44. The monoisotopic (exact) mass is 284 g/mol. The average Bonchev–Trinajstić information content (AvgIpc) is 3.25. The summed E-state index contributed by atoms with van der Waals surface area (Å²) >= 11 is 0. The highest BCUT2D eigenvalue weighted by atomic mass is 16.5. The molecule has 0 radical (unpaired) electrons. The number of hydrogen-bond donors (Lipinski definition) is 3. The third-order valence-corrected chi connectivity index (χ3v) is 3.42. The van der Waals surface area contributed by atoms with E-state index in [0.29, 0.717) is 17.9 Å². The maximum atomic E-state index is 10.1. The summed E-state index contributed by atoms with van der Waals surface area (Å²) in [6.07, 6.45) is 4.26. The fraction of sp³-hybridized carbons (Fsp3) is 0.176. The molecule has 3 rings (SSSR count). The maximum absolute atomic E-state index is 10.1. The summed E-state index contributed by atoms with van der Waals surface area (Å²) in [7, 11) is 0. The maximum Gasteiger partial charge on any atom is 0.131 e. The van der Waals surface area contributed by atoms with Crippen LogP contribution in [0.1, 0.15) is 12.8 Å². The Bertz CT molecular complexity index is 678. The van der Waals surface area contributed by atoms with E-state index in [1.54, 1.807) is 12.1 Å². The van der Waals surface area contributed by atoms with Gasteiger partial charge in [0.15, 0.2) is 0 Å². The molecule has 2 aromatic carbocycles. The standard InChI is InChI=1S/C17H16O4/c18-12-3-1-4-13(19)16(12)17-14(20)5-2-6-15(17)21-10-9-11-7-8-11/h1-6,9,18-20H,7-8,10H2. The topological polar surface area (TPSA) is 69.9 Å². The van der Waals surface area contributed by atoms with Crippen LogP contribution >= 0.6 is 0 Å². The van der Waals surface area contributed by atoms with Gasteiger partial charge >= 0.3 is 0 Å². The van der Waals surface area contributed by atoms with Gasteiger partial charge in [-0.1, -0.05) is 17.7 Å². The van der Waals surface area contributed by atoms with Crippen LogP contribution in [0, 0.1) is 0 Å². The molecule has 1 aliphatic rings. The van der Waals surface area contributed by atoms with Gasteiger partial charge in [0.1, 0.15) is 29.6 Å². The van der Waals surface area contributed by atoms with Gasteiger partial charge in [-0.25, -0.2) is 0 Å². The smallest absolute Gasteiger partial charge is 0.131 e. The second kappa shape index (κ2) is 5.40. The Labute approximate surface area is 122 Å². The molecule has 1 saturated carbocycles. The number of phenols is 3. The van der Waals surface area contributed by atoms with Gasteiger partial charge in [-0.05, 0) is 43.2 Å². The molecule has 0 amide bonds. The number of phenolic OH excluding ortho intramolecular Hbond substituents is 3. The molecule has 0 aromatic heterocycles. The fourth-order valence-corrected chi connectivity index (χ4v) is 2.20. The van der Waals surface area contributed by atoms with E-state index in [1.807, 2.05) is 6.08 Å². The highest BCUT2D eigenvalue weighted by molar-refractivity contribution is 5.84. The van der Waals surface area contributed by atoms with Crippen LogP contribution < -0.4 is 4.74 Å². The molecule has 0 bridgehead atoms. The van der Waals surface area contributed by atoms with Gasteiger partial charge in [0.05, 0.1) is 11.1 Å². The summed E-state index contributed by atoms with van der Waals surface area (Å²) in [6, 6.07) is 9.30. The quantitative estimate of drug-likeness (QED) is 0.751. The zero-order valence-electron chi connectivity index (χ0n) is 11.4. The lowest BCUT2D eigenvalue weighted by molar-refractivity contribution is 0.360. The van der Waals surface area contributed by atoms with Crippen LogP contribution in [0.2, 0.25) is 0 Å². The molecule has 2 aromatic rings. The summed E-state index contributed by atoms with van der Waals surface area (Å²) < 4.78 is 5.67. The second-order valence-corrected chi connectivity index (χ2v) is 4.99. The molecular weight excluding hydrogens is 268 g/mol. The Morgan fingerprint density at radius 1 is 0.857 bits per heavy atom. The first-order valence-corrected chi connectivity index (χ1v) is 6.81. The lowest BCUT2D eigenvalue weighted by Crippen LogP contribution is -1.96. The van der Waals surface area contributed by atoms with Crippen molar-refractivity contribution in [2.24, 2.45) is 0 Å². The van der Waals surface area contributed by atoms with Crippen molar-refractivity contribution in [1.82, 2.24) is 0 Å². The Hall–Kier alpha value is -2.62. The van der Waals surface area contributed by atoms with Gasteiger partial charge in [-0.15, -0.1) is 0 Å². The fourth-order valence-electron chi connectivity index (χ4n) is 2.20. The number of allylic oxidation sites excluding steroid dienone is 1. The van der Waals surface area contributed by atoms with Gasteiger partial charge < -0.3 is 20.1 Å². The van der Waals surface area contributed by atoms with Crippen molar-refractivity contribution in [1.29, 1.82) is 0 Å². The molecule has 4 nitrogen and oxygen atoms in total.